The van der Waals surface area contributed by atoms with Crippen molar-refractivity contribution in [1.82, 2.24) is 5.32 Å². The van der Waals surface area contributed by atoms with Crippen LogP contribution < -0.4 is 5.32 Å². The summed E-state index contributed by atoms with van der Waals surface area (Å²) in [6.07, 6.45) is 14.5. The highest BCUT2D eigenvalue weighted by molar-refractivity contribution is 4.81. The second-order valence-corrected chi connectivity index (χ2v) is 6.66. The summed E-state index contributed by atoms with van der Waals surface area (Å²) in [5.74, 6) is 1.93. The number of hydrogen-bond acceptors (Lipinski definition) is 1. The first-order valence-corrected chi connectivity index (χ1v) is 8.01. The predicted molar refractivity (Wildman–Crippen MR) is 75.2 cm³/mol. The molecule has 0 aliphatic heterocycles. The van der Waals surface area contributed by atoms with Gasteiger partial charge in [-0.2, -0.15) is 0 Å². The summed E-state index contributed by atoms with van der Waals surface area (Å²) in [5, 5.41) is 3.95. The van der Waals surface area contributed by atoms with Gasteiger partial charge in [-0.25, -0.2) is 0 Å². The maximum atomic E-state index is 3.95. The Morgan fingerprint density at radius 2 is 1.59 bits per heavy atom. The molecule has 2 rings (SSSR count). The van der Waals surface area contributed by atoms with Crippen molar-refractivity contribution in [3.05, 3.63) is 0 Å². The van der Waals surface area contributed by atoms with Crippen LogP contribution in [0, 0.1) is 11.8 Å². The van der Waals surface area contributed by atoms with Gasteiger partial charge < -0.3 is 5.32 Å². The monoisotopic (exact) mass is 237 g/mol. The van der Waals surface area contributed by atoms with Crippen LogP contribution in [0.5, 0.6) is 0 Å². The van der Waals surface area contributed by atoms with Gasteiger partial charge in [-0.1, -0.05) is 39.0 Å². The quantitative estimate of drug-likeness (QED) is 0.712. The fourth-order valence-electron chi connectivity index (χ4n) is 3.80. The summed E-state index contributed by atoms with van der Waals surface area (Å²) in [4.78, 5) is 0. The van der Waals surface area contributed by atoms with Crippen LogP contribution in [0.25, 0.3) is 0 Å². The van der Waals surface area contributed by atoms with E-state index in [-0.39, 0.29) is 0 Å². The molecule has 1 N–H and O–H groups in total. The highest BCUT2D eigenvalue weighted by Gasteiger charge is 2.23. The molecule has 0 aromatic heterocycles. The lowest BCUT2D eigenvalue weighted by molar-refractivity contribution is 0.256. The third kappa shape index (κ3) is 4.28. The Hall–Kier alpha value is -0.0400. The molecule has 1 nitrogen and oxygen atoms in total. The van der Waals surface area contributed by atoms with E-state index in [0.717, 1.165) is 23.9 Å². The van der Waals surface area contributed by atoms with Gasteiger partial charge in [0, 0.05) is 12.1 Å². The van der Waals surface area contributed by atoms with Crippen molar-refractivity contribution in [3.8, 4) is 0 Å². The summed E-state index contributed by atoms with van der Waals surface area (Å²) in [7, 11) is 0. The first-order valence-electron chi connectivity index (χ1n) is 8.01. The van der Waals surface area contributed by atoms with E-state index in [1.165, 1.54) is 64.2 Å². The first-order chi connectivity index (χ1) is 8.25. The van der Waals surface area contributed by atoms with E-state index in [1.54, 1.807) is 0 Å². The minimum absolute atomic E-state index is 0.758. The van der Waals surface area contributed by atoms with Crippen LogP contribution >= 0.6 is 0 Å². The van der Waals surface area contributed by atoms with Gasteiger partial charge in [-0.05, 0) is 50.9 Å². The van der Waals surface area contributed by atoms with E-state index in [9.17, 15) is 0 Å². The Morgan fingerprint density at radius 1 is 0.824 bits per heavy atom. The zero-order chi connectivity index (χ0) is 12.1. The van der Waals surface area contributed by atoms with E-state index < -0.39 is 0 Å². The molecule has 2 fully saturated rings. The van der Waals surface area contributed by atoms with Gasteiger partial charge in [-0.3, -0.25) is 0 Å². The summed E-state index contributed by atoms with van der Waals surface area (Å²) >= 11 is 0. The zero-order valence-electron chi connectivity index (χ0n) is 11.9. The molecule has 0 aromatic rings. The molecule has 1 heteroatoms. The summed E-state index contributed by atoms with van der Waals surface area (Å²) in [6.45, 7) is 4.86. The molecule has 2 aliphatic rings. The fourth-order valence-corrected chi connectivity index (χ4v) is 3.80. The summed E-state index contributed by atoms with van der Waals surface area (Å²) in [6, 6.07) is 1.57. The average molecular weight is 237 g/mol. The van der Waals surface area contributed by atoms with Gasteiger partial charge in [0.2, 0.25) is 0 Å². The van der Waals surface area contributed by atoms with Crippen molar-refractivity contribution in [3.63, 3.8) is 0 Å². The molecule has 2 unspecified atom stereocenters. The predicted octanol–water partition coefficient (Wildman–Crippen LogP) is 4.51. The van der Waals surface area contributed by atoms with Crippen LogP contribution in [0.1, 0.15) is 78.1 Å². The van der Waals surface area contributed by atoms with E-state index >= 15 is 0 Å². The van der Waals surface area contributed by atoms with E-state index in [0.29, 0.717) is 0 Å². The molecule has 0 spiro atoms. The molecule has 0 aromatic carbocycles. The summed E-state index contributed by atoms with van der Waals surface area (Å²) < 4.78 is 0. The van der Waals surface area contributed by atoms with Crippen molar-refractivity contribution in [1.29, 1.82) is 0 Å². The van der Waals surface area contributed by atoms with Gasteiger partial charge in [0.15, 0.2) is 0 Å². The maximum absolute atomic E-state index is 3.95. The van der Waals surface area contributed by atoms with Crippen LogP contribution in [0.4, 0.5) is 0 Å². The van der Waals surface area contributed by atoms with Gasteiger partial charge >= 0.3 is 0 Å². The van der Waals surface area contributed by atoms with Crippen LogP contribution in [-0.4, -0.2) is 12.1 Å². The lowest BCUT2D eigenvalue weighted by Gasteiger charge is -2.31. The minimum Gasteiger partial charge on any atom is -0.311 e. The van der Waals surface area contributed by atoms with Gasteiger partial charge in [0.05, 0.1) is 0 Å². The Kier molecular flexibility index (Phi) is 5.34. The van der Waals surface area contributed by atoms with Crippen LogP contribution in [0.3, 0.4) is 0 Å². The smallest absolute Gasteiger partial charge is 0.00697 e. The number of nitrogens with one attached hydrogen (secondary N) is 1. The van der Waals surface area contributed by atoms with Crippen molar-refractivity contribution in [2.24, 2.45) is 11.8 Å². The average Bonchev–Trinajstić information content (AvgIpc) is 2.56. The second-order valence-electron chi connectivity index (χ2n) is 6.66. The van der Waals surface area contributed by atoms with E-state index in [4.69, 9.17) is 0 Å². The van der Waals surface area contributed by atoms with Gasteiger partial charge in [0.1, 0.15) is 0 Å². The normalized spacial score (nSPS) is 34.2. The molecule has 0 bridgehead atoms. The van der Waals surface area contributed by atoms with Crippen molar-refractivity contribution >= 4 is 0 Å². The zero-order valence-corrected chi connectivity index (χ0v) is 11.9. The highest BCUT2D eigenvalue weighted by Crippen LogP contribution is 2.28. The Bertz CT molecular complexity index is 208. The molecule has 2 saturated carbocycles. The van der Waals surface area contributed by atoms with E-state index in [2.05, 4.69) is 19.2 Å². The van der Waals surface area contributed by atoms with Gasteiger partial charge in [0.25, 0.3) is 0 Å². The molecule has 100 valence electrons. The molecule has 17 heavy (non-hydrogen) atoms. The summed E-state index contributed by atoms with van der Waals surface area (Å²) in [5.41, 5.74) is 0. The molecule has 0 radical (unpaired) electrons. The third-order valence-electron chi connectivity index (χ3n) is 5.11. The fraction of sp³-hybridized carbons (Fsp3) is 1.00. The molecule has 0 saturated heterocycles. The Labute approximate surface area is 108 Å². The lowest BCUT2D eigenvalue weighted by Crippen LogP contribution is -2.41. The SMILES string of the molecule is CC1CCCC(N[C@H](C)C2CCCCC2)CC1. The van der Waals surface area contributed by atoms with E-state index in [1.807, 2.05) is 0 Å². The van der Waals surface area contributed by atoms with Gasteiger partial charge in [-0.15, -0.1) is 0 Å². The minimum atomic E-state index is 0.758. The molecule has 0 heterocycles. The van der Waals surface area contributed by atoms with Crippen molar-refractivity contribution in [2.75, 3.05) is 0 Å². The molecular weight excluding hydrogens is 206 g/mol. The Morgan fingerprint density at radius 3 is 2.35 bits per heavy atom. The number of hydrogen-bond donors (Lipinski definition) is 1. The molecular formula is C16H31N. The largest absolute Gasteiger partial charge is 0.311 e. The second kappa shape index (κ2) is 6.78. The lowest BCUT2D eigenvalue weighted by atomic mass is 9.84. The number of rotatable bonds is 3. The molecule has 0 amide bonds. The molecule has 3 atom stereocenters. The van der Waals surface area contributed by atoms with Crippen LogP contribution in [0.2, 0.25) is 0 Å². The first kappa shape index (κ1) is 13.4. The Balaban J connectivity index is 1.74. The highest BCUT2D eigenvalue weighted by atomic mass is 14.9. The molecule has 2 aliphatic carbocycles. The standard InChI is InChI=1S/C16H31N/c1-13-7-6-10-16(12-11-13)17-14(2)15-8-4-3-5-9-15/h13-17H,3-12H2,1-2H3/t13?,14-,16?/m1/s1. The van der Waals surface area contributed by atoms with Crippen LogP contribution in [0.15, 0.2) is 0 Å². The topological polar surface area (TPSA) is 12.0 Å². The van der Waals surface area contributed by atoms with Crippen molar-refractivity contribution < 1.29 is 0 Å². The maximum Gasteiger partial charge on any atom is 0.00697 e. The third-order valence-corrected chi connectivity index (χ3v) is 5.11. The van der Waals surface area contributed by atoms with Crippen molar-refractivity contribution in [2.45, 2.75) is 90.1 Å². The van der Waals surface area contributed by atoms with Crippen LogP contribution in [-0.2, 0) is 0 Å².